The number of nitrogens with one attached hydrogen (secondary N) is 1. The number of carboxylic acid groups (broad SMARTS) is 1. The zero-order valence-electron chi connectivity index (χ0n) is 10.9. The molecule has 0 bridgehead atoms. The van der Waals surface area contributed by atoms with Crippen LogP contribution in [0.15, 0.2) is 45.7 Å². The van der Waals surface area contributed by atoms with E-state index in [0.29, 0.717) is 11.3 Å². The van der Waals surface area contributed by atoms with Crippen LogP contribution in [0, 0.1) is 0 Å². The molecule has 0 fully saturated rings. The smallest absolute Gasteiger partial charge is 0.371 e. The Labute approximate surface area is 120 Å². The number of furan rings is 1. The first-order chi connectivity index (χ1) is 9.79. The van der Waals surface area contributed by atoms with Crippen LogP contribution in [0.4, 0.5) is 0 Å². The van der Waals surface area contributed by atoms with E-state index >= 15 is 0 Å². The minimum atomic E-state index is -3.89. The van der Waals surface area contributed by atoms with Gasteiger partial charge in [-0.15, -0.1) is 0 Å². The van der Waals surface area contributed by atoms with Crippen LogP contribution in [0.5, 0.6) is 0 Å². The van der Waals surface area contributed by atoms with Crippen molar-refractivity contribution in [1.29, 1.82) is 0 Å². The molecular weight excluding hydrogens is 298 g/mol. The van der Waals surface area contributed by atoms with Gasteiger partial charge in [-0.1, -0.05) is 0 Å². The van der Waals surface area contributed by atoms with E-state index in [4.69, 9.17) is 9.52 Å². The Morgan fingerprint density at radius 3 is 2.19 bits per heavy atom. The third-order valence-corrected chi connectivity index (χ3v) is 3.99. The number of carbonyl (C=O) groups excluding carboxylic acids is 1. The molecule has 0 aliphatic heterocycles. The summed E-state index contributed by atoms with van der Waals surface area (Å²) >= 11 is 0. The molecule has 1 amide bonds. The number of rotatable bonds is 4. The summed E-state index contributed by atoms with van der Waals surface area (Å²) in [5, 5.41) is 8.77. The molecule has 8 heteroatoms. The van der Waals surface area contributed by atoms with Crippen LogP contribution < -0.4 is 4.72 Å². The van der Waals surface area contributed by atoms with Gasteiger partial charge in [0.1, 0.15) is 5.76 Å². The fourth-order valence-electron chi connectivity index (χ4n) is 1.65. The number of sulfonamides is 1. The average molecular weight is 309 g/mol. The standard InChI is InChI=1S/C13H11NO6S/c1-8(15)14-21(18,19)10-4-2-9(3-5-10)11-6-7-12(20-11)13(16)17/h2-7H,1H3,(H,14,15)(H,16,17). The Hall–Kier alpha value is -2.61. The number of aromatic carboxylic acids is 1. The largest absolute Gasteiger partial charge is 0.475 e. The van der Waals surface area contributed by atoms with Crippen molar-refractivity contribution < 1.29 is 27.5 Å². The van der Waals surface area contributed by atoms with E-state index in [0.717, 1.165) is 6.92 Å². The molecular formula is C13H11NO6S. The van der Waals surface area contributed by atoms with E-state index in [2.05, 4.69) is 0 Å². The van der Waals surface area contributed by atoms with Crippen molar-refractivity contribution >= 4 is 21.9 Å². The predicted octanol–water partition coefficient (Wildman–Crippen LogP) is 1.47. The van der Waals surface area contributed by atoms with Crippen LogP contribution in [-0.2, 0) is 14.8 Å². The topological polar surface area (TPSA) is 114 Å². The lowest BCUT2D eigenvalue weighted by Gasteiger charge is -2.05. The zero-order valence-corrected chi connectivity index (χ0v) is 11.7. The van der Waals surface area contributed by atoms with Gasteiger partial charge in [-0.25, -0.2) is 17.9 Å². The molecule has 0 saturated carbocycles. The fourth-order valence-corrected chi connectivity index (χ4v) is 2.65. The normalized spacial score (nSPS) is 11.1. The lowest BCUT2D eigenvalue weighted by Crippen LogP contribution is -2.28. The maximum absolute atomic E-state index is 11.8. The number of hydrogen-bond acceptors (Lipinski definition) is 5. The maximum Gasteiger partial charge on any atom is 0.371 e. The monoisotopic (exact) mass is 309 g/mol. The average Bonchev–Trinajstić information content (AvgIpc) is 2.87. The molecule has 0 spiro atoms. The molecule has 0 radical (unpaired) electrons. The van der Waals surface area contributed by atoms with Crippen LogP contribution in [-0.4, -0.2) is 25.4 Å². The molecule has 21 heavy (non-hydrogen) atoms. The van der Waals surface area contributed by atoms with Crippen molar-refractivity contribution in [1.82, 2.24) is 4.72 Å². The van der Waals surface area contributed by atoms with Crippen LogP contribution in [0.2, 0.25) is 0 Å². The van der Waals surface area contributed by atoms with Crippen LogP contribution >= 0.6 is 0 Å². The van der Waals surface area contributed by atoms with E-state index in [1.807, 2.05) is 4.72 Å². The number of benzene rings is 1. The minimum absolute atomic E-state index is 0.0773. The van der Waals surface area contributed by atoms with Crippen LogP contribution in [0.3, 0.4) is 0 Å². The summed E-state index contributed by atoms with van der Waals surface area (Å²) in [6.45, 7) is 1.10. The summed E-state index contributed by atoms with van der Waals surface area (Å²) in [5.74, 6) is -1.78. The van der Waals surface area contributed by atoms with Gasteiger partial charge in [0.05, 0.1) is 4.90 Å². The first-order valence-corrected chi connectivity index (χ1v) is 7.25. The van der Waals surface area contributed by atoms with Crippen molar-refractivity contribution in [3.63, 3.8) is 0 Å². The third kappa shape index (κ3) is 3.29. The first-order valence-electron chi connectivity index (χ1n) is 5.76. The summed E-state index contributed by atoms with van der Waals surface area (Å²) < 4.78 is 30.4. The number of carboxylic acids is 1. The molecule has 2 rings (SSSR count). The molecule has 7 nitrogen and oxygen atoms in total. The fraction of sp³-hybridized carbons (Fsp3) is 0.0769. The van der Waals surface area contributed by atoms with Crippen LogP contribution in [0.1, 0.15) is 17.5 Å². The van der Waals surface area contributed by atoms with Crippen molar-refractivity contribution in [2.24, 2.45) is 0 Å². The molecule has 1 aromatic heterocycles. The van der Waals surface area contributed by atoms with Crippen molar-refractivity contribution in [2.75, 3.05) is 0 Å². The Morgan fingerprint density at radius 1 is 1.10 bits per heavy atom. The molecule has 0 unspecified atom stereocenters. The Kier molecular flexibility index (Phi) is 3.81. The van der Waals surface area contributed by atoms with Gasteiger partial charge >= 0.3 is 5.97 Å². The SMILES string of the molecule is CC(=O)NS(=O)(=O)c1ccc(-c2ccc(C(=O)O)o2)cc1. The van der Waals surface area contributed by atoms with Gasteiger partial charge in [0.2, 0.25) is 11.7 Å². The molecule has 2 aromatic rings. The Balaban J connectivity index is 2.30. The lowest BCUT2D eigenvalue weighted by atomic mass is 10.2. The van der Waals surface area contributed by atoms with Crippen molar-refractivity contribution in [3.8, 4) is 11.3 Å². The maximum atomic E-state index is 11.8. The molecule has 0 atom stereocenters. The molecule has 0 saturated heterocycles. The summed E-state index contributed by atoms with van der Waals surface area (Å²) in [6.07, 6.45) is 0. The highest BCUT2D eigenvalue weighted by Gasteiger charge is 2.16. The van der Waals surface area contributed by atoms with Gasteiger partial charge in [0, 0.05) is 12.5 Å². The molecule has 110 valence electrons. The molecule has 0 aliphatic carbocycles. The van der Waals surface area contributed by atoms with Gasteiger partial charge in [-0.05, 0) is 36.4 Å². The minimum Gasteiger partial charge on any atom is -0.475 e. The van der Waals surface area contributed by atoms with E-state index < -0.39 is 21.9 Å². The predicted molar refractivity (Wildman–Crippen MR) is 72.1 cm³/mol. The second kappa shape index (κ2) is 5.41. The van der Waals surface area contributed by atoms with E-state index in [-0.39, 0.29) is 10.7 Å². The summed E-state index contributed by atoms with van der Waals surface area (Å²) in [7, 11) is -3.89. The first kappa shape index (κ1) is 14.8. The molecule has 1 aromatic carbocycles. The molecule has 0 aliphatic rings. The second-order valence-corrected chi connectivity index (χ2v) is 5.84. The van der Waals surface area contributed by atoms with Gasteiger partial charge in [-0.3, -0.25) is 4.79 Å². The van der Waals surface area contributed by atoms with Gasteiger partial charge in [0.15, 0.2) is 0 Å². The van der Waals surface area contributed by atoms with Crippen molar-refractivity contribution in [2.45, 2.75) is 11.8 Å². The molecule has 2 N–H and O–H groups in total. The summed E-state index contributed by atoms with van der Waals surface area (Å²) in [6, 6.07) is 8.28. The highest BCUT2D eigenvalue weighted by Crippen LogP contribution is 2.23. The quantitative estimate of drug-likeness (QED) is 0.884. The van der Waals surface area contributed by atoms with Gasteiger partial charge < -0.3 is 9.52 Å². The highest BCUT2D eigenvalue weighted by atomic mass is 32.2. The number of amides is 1. The lowest BCUT2D eigenvalue weighted by molar-refractivity contribution is -0.117. The van der Waals surface area contributed by atoms with Crippen LogP contribution in [0.25, 0.3) is 11.3 Å². The van der Waals surface area contributed by atoms with E-state index in [9.17, 15) is 18.0 Å². The van der Waals surface area contributed by atoms with E-state index in [1.54, 1.807) is 0 Å². The van der Waals surface area contributed by atoms with Gasteiger partial charge in [0.25, 0.3) is 10.0 Å². The van der Waals surface area contributed by atoms with Crippen molar-refractivity contribution in [3.05, 3.63) is 42.2 Å². The number of carbonyl (C=O) groups is 2. The zero-order chi connectivity index (χ0) is 15.6. The molecule has 1 heterocycles. The Bertz CT molecular complexity index is 788. The van der Waals surface area contributed by atoms with Gasteiger partial charge in [-0.2, -0.15) is 0 Å². The third-order valence-electron chi connectivity index (χ3n) is 2.54. The summed E-state index contributed by atoms with van der Waals surface area (Å²) in [4.78, 5) is 21.5. The van der Waals surface area contributed by atoms with E-state index in [1.165, 1.54) is 36.4 Å². The second-order valence-electron chi connectivity index (χ2n) is 4.16. The number of hydrogen-bond donors (Lipinski definition) is 2. The Morgan fingerprint density at radius 2 is 1.71 bits per heavy atom. The summed E-state index contributed by atoms with van der Waals surface area (Å²) in [5.41, 5.74) is 0.518. The highest BCUT2D eigenvalue weighted by molar-refractivity contribution is 7.90.